The molecule has 1 N–H and O–H groups in total. The standard InChI is InChI=1S/C29H36FN4O6S2.CHF3O3S/c1-5-9-39-28(37)25-26(17(3)24-23(18(4)35)27(36)34(24)25)42-21-12-19(33(14-21)29(38)40-10-6-2)11-20-13-32-16-31(8-7-30)15-22(32)41-20;2-1(3,4)8(5,6)7/h5-6,13,15-19,21,23-24,35H,1-2,7-12,14H2,3-4H3;(H,5,6,7)/q+1;/p-1/t17-,18-,19-,21+,23-,24-;/m1./s1. The van der Waals surface area contributed by atoms with Gasteiger partial charge in [0.15, 0.2) is 10.1 Å². The predicted molar refractivity (Wildman–Crippen MR) is 172 cm³/mol. The molecule has 3 aliphatic rings. The van der Waals surface area contributed by atoms with Gasteiger partial charge in [0, 0.05) is 35.1 Å². The number of nitrogens with zero attached hydrogens (tertiary/aromatic N) is 4. The number of carbonyl (C=O) groups is 3. The second kappa shape index (κ2) is 15.8. The van der Waals surface area contributed by atoms with Crippen molar-refractivity contribution in [3.63, 3.8) is 0 Å². The van der Waals surface area contributed by atoms with Crippen molar-refractivity contribution in [2.45, 2.75) is 62.2 Å². The first kappa shape index (κ1) is 39.3. The van der Waals surface area contributed by atoms with Gasteiger partial charge >= 0.3 is 17.6 Å². The lowest BCUT2D eigenvalue weighted by molar-refractivity contribution is -0.695. The average molecular weight is 769 g/mol. The van der Waals surface area contributed by atoms with E-state index in [9.17, 15) is 37.1 Å². The van der Waals surface area contributed by atoms with E-state index in [0.717, 1.165) is 14.6 Å². The summed E-state index contributed by atoms with van der Waals surface area (Å²) < 4.78 is 86.2. The second-order valence-corrected chi connectivity index (χ2v) is 15.6. The molecule has 2 fully saturated rings. The monoisotopic (exact) mass is 768 g/mol. The highest BCUT2D eigenvalue weighted by Crippen LogP contribution is 2.52. The number of aliphatic hydroxyl groups excluding tert-OH is 1. The Hall–Kier alpha value is -3.46. The Morgan fingerprint density at radius 2 is 1.90 bits per heavy atom. The number of β-lactam (4-membered cyclic amide) rings is 1. The van der Waals surface area contributed by atoms with Gasteiger partial charge in [0.1, 0.15) is 44.5 Å². The fraction of sp³-hybridized carbons (Fsp3) is 0.533. The molecule has 20 heteroatoms. The normalized spacial score (nSPS) is 24.0. The van der Waals surface area contributed by atoms with Gasteiger partial charge in [-0.1, -0.05) is 43.6 Å². The van der Waals surface area contributed by atoms with E-state index in [1.807, 2.05) is 30.0 Å². The number of hydrogen-bond acceptors (Lipinski definition) is 11. The molecule has 0 aromatic carbocycles. The number of hydrogen-bond donors (Lipinski definition) is 1. The highest BCUT2D eigenvalue weighted by Gasteiger charge is 2.60. The number of alkyl halides is 4. The Kier molecular flexibility index (Phi) is 12.5. The molecule has 0 radical (unpaired) electrons. The fourth-order valence-electron chi connectivity index (χ4n) is 6.14. The van der Waals surface area contributed by atoms with Gasteiger partial charge in [-0.3, -0.25) is 4.79 Å². The Morgan fingerprint density at radius 3 is 2.46 bits per heavy atom. The number of thiazole rings is 1. The van der Waals surface area contributed by atoms with Gasteiger partial charge in [0.2, 0.25) is 17.1 Å². The van der Waals surface area contributed by atoms with Gasteiger partial charge in [-0.15, -0.1) is 11.8 Å². The molecule has 276 valence electrons. The highest BCUT2D eigenvalue weighted by molar-refractivity contribution is 8.03. The lowest BCUT2D eigenvalue weighted by atomic mass is 9.79. The largest absolute Gasteiger partial charge is 0.741 e. The van der Waals surface area contributed by atoms with Crippen LogP contribution in [-0.4, -0.2) is 106 Å². The van der Waals surface area contributed by atoms with Crippen LogP contribution in [0.2, 0.25) is 0 Å². The molecule has 2 amide bonds. The number of carbonyl (C=O) groups excluding carboxylic acids is 3. The van der Waals surface area contributed by atoms with Crippen LogP contribution in [0.1, 0.15) is 25.1 Å². The summed E-state index contributed by atoms with van der Waals surface area (Å²) in [6, 6.07) is -0.481. The Bertz CT molecular complexity index is 1730. The maximum Gasteiger partial charge on any atom is 0.485 e. The number of esters is 1. The molecule has 0 bridgehead atoms. The van der Waals surface area contributed by atoms with Crippen LogP contribution in [0, 0.1) is 11.8 Å². The van der Waals surface area contributed by atoms with Crippen molar-refractivity contribution >= 4 is 56.0 Å². The Balaban J connectivity index is 0.000000627. The number of rotatable bonds is 12. The van der Waals surface area contributed by atoms with Crippen molar-refractivity contribution in [1.29, 1.82) is 0 Å². The summed E-state index contributed by atoms with van der Waals surface area (Å²) in [7, 11) is -6.09. The van der Waals surface area contributed by atoms with Crippen LogP contribution < -0.4 is 4.57 Å². The minimum absolute atomic E-state index is 0.0127. The van der Waals surface area contributed by atoms with E-state index in [-0.39, 0.29) is 48.1 Å². The van der Waals surface area contributed by atoms with Crippen molar-refractivity contribution < 1.29 is 64.1 Å². The van der Waals surface area contributed by atoms with Crippen LogP contribution in [0.15, 0.2) is 54.6 Å². The molecule has 0 spiro atoms. The molecule has 2 aromatic rings. The predicted octanol–water partition coefficient (Wildman–Crippen LogP) is 3.15. The van der Waals surface area contributed by atoms with Crippen LogP contribution in [0.4, 0.5) is 22.4 Å². The minimum Gasteiger partial charge on any atom is -0.741 e. The van der Waals surface area contributed by atoms with Crippen molar-refractivity contribution in [2.75, 3.05) is 26.4 Å². The molecule has 2 saturated heterocycles. The zero-order valence-electron chi connectivity index (χ0n) is 27.0. The van der Waals surface area contributed by atoms with Crippen LogP contribution in [0.25, 0.3) is 4.83 Å². The zero-order chi connectivity index (χ0) is 37.1. The van der Waals surface area contributed by atoms with E-state index in [2.05, 4.69) is 13.2 Å². The van der Waals surface area contributed by atoms with Crippen LogP contribution in [-0.2, 0) is 42.1 Å². The van der Waals surface area contributed by atoms with Crippen LogP contribution in [0.3, 0.4) is 0 Å². The first-order chi connectivity index (χ1) is 23.4. The van der Waals surface area contributed by atoms with Gasteiger partial charge < -0.3 is 28.9 Å². The third kappa shape index (κ3) is 8.35. The van der Waals surface area contributed by atoms with E-state index >= 15 is 0 Å². The molecule has 0 aliphatic carbocycles. The molecule has 50 heavy (non-hydrogen) atoms. The summed E-state index contributed by atoms with van der Waals surface area (Å²) in [5, 5.41) is 10.2. The summed E-state index contributed by atoms with van der Waals surface area (Å²) in [5.74, 6) is -1.66. The van der Waals surface area contributed by atoms with E-state index < -0.39 is 46.4 Å². The summed E-state index contributed by atoms with van der Waals surface area (Å²) in [6.07, 6.45) is 8.74. The smallest absolute Gasteiger partial charge is 0.485 e. The highest BCUT2D eigenvalue weighted by atomic mass is 32.2. The number of amides is 2. The van der Waals surface area contributed by atoms with E-state index in [4.69, 9.17) is 22.4 Å². The number of ether oxygens (including phenoxy) is 2. The molecule has 5 rings (SSSR count). The molecular weight excluding hydrogens is 733 g/mol. The van der Waals surface area contributed by atoms with E-state index in [0.29, 0.717) is 25.9 Å². The number of aliphatic hydroxyl groups is 1. The van der Waals surface area contributed by atoms with Gasteiger partial charge in [-0.05, 0) is 13.3 Å². The average Bonchev–Trinajstić information content (AvgIpc) is 3.75. The quantitative estimate of drug-likeness (QED) is 0.0646. The number of fused-ring (bicyclic) bond motifs is 2. The third-order valence-electron chi connectivity index (χ3n) is 8.25. The molecule has 0 unspecified atom stereocenters. The second-order valence-electron chi connectivity index (χ2n) is 11.7. The fourth-order valence-corrected chi connectivity index (χ4v) is 8.80. The number of halogens is 4. The lowest BCUT2D eigenvalue weighted by Gasteiger charge is -2.46. The lowest BCUT2D eigenvalue weighted by Crippen LogP contribution is -2.63. The number of aryl methyl sites for hydroxylation is 1. The van der Waals surface area contributed by atoms with Crippen LogP contribution in [0.5, 0.6) is 0 Å². The van der Waals surface area contributed by atoms with E-state index in [1.54, 1.807) is 27.7 Å². The number of aromatic nitrogens is 2. The summed E-state index contributed by atoms with van der Waals surface area (Å²) in [6.45, 7) is 11.2. The molecule has 5 heterocycles. The van der Waals surface area contributed by atoms with Gasteiger partial charge in [0.25, 0.3) is 0 Å². The number of thioether (sulfide) groups is 1. The maximum atomic E-state index is 13.2. The Labute approximate surface area is 293 Å². The molecule has 3 aliphatic heterocycles. The minimum atomic E-state index is -6.09. The van der Waals surface area contributed by atoms with E-state index in [1.165, 1.54) is 28.8 Å². The van der Waals surface area contributed by atoms with Crippen molar-refractivity contribution in [2.24, 2.45) is 11.8 Å². The molecule has 6 atom stereocenters. The van der Waals surface area contributed by atoms with Gasteiger partial charge in [-0.25, -0.2) is 27.0 Å². The van der Waals surface area contributed by atoms with Crippen molar-refractivity contribution in [1.82, 2.24) is 14.2 Å². The van der Waals surface area contributed by atoms with Gasteiger partial charge in [-0.2, -0.15) is 17.6 Å². The Morgan fingerprint density at radius 1 is 1.26 bits per heavy atom. The molecule has 0 saturated carbocycles. The SMILES string of the molecule is C=CCOC(=O)C1=C(S[C@H]2C[C@@H](Cc3cn4c[n+](CCF)cc4s3)N(C(=O)OCC=C)C2)[C@H](C)[C@@H]2[C@@H]([C@@H](C)O)C(=O)N12.O=S(=O)([O-])C(F)(F)F. The number of imidazole rings is 1. The number of likely N-dealkylation sites (tertiary alicyclic amines) is 1. The van der Waals surface area contributed by atoms with Gasteiger partial charge in [0.05, 0.1) is 22.9 Å². The first-order valence-corrected chi connectivity index (χ1v) is 18.4. The maximum absolute atomic E-state index is 13.2. The topological polar surface area (TPSA) is 162 Å². The first-order valence-electron chi connectivity index (χ1n) is 15.2. The van der Waals surface area contributed by atoms with Crippen molar-refractivity contribution in [3.8, 4) is 0 Å². The summed E-state index contributed by atoms with van der Waals surface area (Å²) >= 11 is 3.09. The summed E-state index contributed by atoms with van der Waals surface area (Å²) in [4.78, 5) is 45.2. The van der Waals surface area contributed by atoms with Crippen LogP contribution >= 0.6 is 23.1 Å². The van der Waals surface area contributed by atoms with Crippen molar-refractivity contribution in [3.05, 3.63) is 59.5 Å². The summed E-state index contributed by atoms with van der Waals surface area (Å²) in [5.41, 5.74) is -5.42. The third-order valence-corrected chi connectivity index (χ3v) is 11.4. The molecule has 2 aromatic heterocycles. The molecular formula is C30H36F4N4O9S3. The zero-order valence-corrected chi connectivity index (χ0v) is 29.4. The molecule has 13 nitrogen and oxygen atoms in total.